The molecule has 2 atom stereocenters. The summed E-state index contributed by atoms with van der Waals surface area (Å²) in [6.45, 7) is 3.99. The third-order valence-electron chi connectivity index (χ3n) is 3.86. The lowest BCUT2D eigenvalue weighted by molar-refractivity contribution is -0.118. The van der Waals surface area contributed by atoms with Crippen LogP contribution >= 0.6 is 0 Å². The average molecular weight is 208 g/mol. The quantitative estimate of drug-likeness (QED) is 0.557. The third-order valence-corrected chi connectivity index (χ3v) is 3.86. The molecular formula is C13H20O2. The molecule has 2 saturated carbocycles. The molecule has 0 aliphatic heterocycles. The summed E-state index contributed by atoms with van der Waals surface area (Å²) in [5, 5.41) is 9.79. The molecule has 0 aromatic rings. The van der Waals surface area contributed by atoms with E-state index in [-0.39, 0.29) is 17.6 Å². The summed E-state index contributed by atoms with van der Waals surface area (Å²) in [7, 11) is 0. The van der Waals surface area contributed by atoms with Crippen LogP contribution in [-0.2, 0) is 4.79 Å². The minimum absolute atomic E-state index is 0.110. The molecular weight excluding hydrogens is 188 g/mol. The Bertz CT molecular complexity index is 285. The van der Waals surface area contributed by atoms with Gasteiger partial charge >= 0.3 is 0 Å². The van der Waals surface area contributed by atoms with Crippen LogP contribution in [0.4, 0.5) is 0 Å². The summed E-state index contributed by atoms with van der Waals surface area (Å²) < 4.78 is 0. The highest BCUT2D eigenvalue weighted by atomic mass is 16.3. The molecule has 2 rings (SSSR count). The van der Waals surface area contributed by atoms with E-state index in [9.17, 15) is 9.90 Å². The maximum atomic E-state index is 11.7. The lowest BCUT2D eigenvalue weighted by Gasteiger charge is -2.10. The summed E-state index contributed by atoms with van der Waals surface area (Å²) in [5.41, 5.74) is 0. The second kappa shape index (κ2) is 3.99. The molecule has 2 heteroatoms. The van der Waals surface area contributed by atoms with Crippen LogP contribution in [0.5, 0.6) is 0 Å². The smallest absolute Gasteiger partial charge is 0.162 e. The van der Waals surface area contributed by atoms with Crippen molar-refractivity contribution in [2.45, 2.75) is 39.5 Å². The summed E-state index contributed by atoms with van der Waals surface area (Å²) >= 11 is 0. The van der Waals surface area contributed by atoms with Gasteiger partial charge in [-0.1, -0.05) is 13.8 Å². The van der Waals surface area contributed by atoms with Gasteiger partial charge in [-0.2, -0.15) is 0 Å². The minimum Gasteiger partial charge on any atom is -0.512 e. The molecule has 84 valence electrons. The van der Waals surface area contributed by atoms with Crippen molar-refractivity contribution in [1.82, 2.24) is 0 Å². The van der Waals surface area contributed by atoms with E-state index in [1.165, 1.54) is 31.8 Å². The first-order valence-corrected chi connectivity index (χ1v) is 6.04. The number of carbonyl (C=O) groups excluding carboxylic acids is 1. The van der Waals surface area contributed by atoms with Gasteiger partial charge in [0.15, 0.2) is 5.78 Å². The number of ketones is 1. The van der Waals surface area contributed by atoms with Crippen LogP contribution in [0, 0.1) is 23.7 Å². The molecule has 0 radical (unpaired) electrons. The van der Waals surface area contributed by atoms with Crippen molar-refractivity contribution < 1.29 is 9.90 Å². The van der Waals surface area contributed by atoms with Crippen LogP contribution in [0.2, 0.25) is 0 Å². The third kappa shape index (κ3) is 2.61. The van der Waals surface area contributed by atoms with E-state index in [1.807, 2.05) is 13.8 Å². The zero-order valence-corrected chi connectivity index (χ0v) is 9.57. The van der Waals surface area contributed by atoms with Crippen LogP contribution < -0.4 is 0 Å². The SMILES string of the molecule is CC(C(=O)/C=C(\O)C(C)C1CC1)C1CC1. The minimum atomic E-state index is 0.110. The van der Waals surface area contributed by atoms with E-state index < -0.39 is 0 Å². The van der Waals surface area contributed by atoms with Crippen LogP contribution in [0.1, 0.15) is 39.5 Å². The fraction of sp³-hybridized carbons (Fsp3) is 0.769. The number of hydrogen-bond donors (Lipinski definition) is 1. The first kappa shape index (κ1) is 10.7. The highest BCUT2D eigenvalue weighted by Crippen LogP contribution is 2.40. The van der Waals surface area contributed by atoms with Crippen molar-refractivity contribution in [3.8, 4) is 0 Å². The normalized spacial score (nSPS) is 26.1. The number of aliphatic hydroxyl groups is 1. The van der Waals surface area contributed by atoms with Gasteiger partial charge in [-0.15, -0.1) is 0 Å². The molecule has 2 unspecified atom stereocenters. The fourth-order valence-electron chi connectivity index (χ4n) is 2.07. The van der Waals surface area contributed by atoms with Crippen LogP contribution in [0.25, 0.3) is 0 Å². The second-order valence-electron chi connectivity index (χ2n) is 5.22. The predicted molar refractivity (Wildman–Crippen MR) is 59.5 cm³/mol. The highest BCUT2D eigenvalue weighted by molar-refractivity contribution is 5.92. The Morgan fingerprint density at radius 2 is 1.60 bits per heavy atom. The largest absolute Gasteiger partial charge is 0.512 e. The standard InChI is InChI=1S/C13H20O2/c1-8(10-3-4-10)12(14)7-13(15)9(2)11-5-6-11/h7-11,14H,3-6H2,1-2H3/b12-7-. The number of hydrogen-bond acceptors (Lipinski definition) is 2. The van der Waals surface area contributed by atoms with Gasteiger partial charge < -0.3 is 5.11 Å². The fourth-order valence-corrected chi connectivity index (χ4v) is 2.07. The highest BCUT2D eigenvalue weighted by Gasteiger charge is 2.34. The Morgan fingerprint density at radius 1 is 1.13 bits per heavy atom. The number of allylic oxidation sites excluding steroid dienone is 2. The van der Waals surface area contributed by atoms with E-state index in [0.717, 1.165) is 0 Å². The molecule has 0 aromatic carbocycles. The lowest BCUT2D eigenvalue weighted by atomic mass is 9.97. The number of carbonyl (C=O) groups is 1. The Kier molecular flexibility index (Phi) is 2.85. The molecule has 0 bridgehead atoms. The topological polar surface area (TPSA) is 37.3 Å². The molecule has 2 fully saturated rings. The molecule has 2 nitrogen and oxygen atoms in total. The molecule has 0 amide bonds. The van der Waals surface area contributed by atoms with Crippen LogP contribution in [-0.4, -0.2) is 10.9 Å². The summed E-state index contributed by atoms with van der Waals surface area (Å²) in [4.78, 5) is 11.7. The van der Waals surface area contributed by atoms with Crippen molar-refractivity contribution in [3.05, 3.63) is 11.8 Å². The van der Waals surface area contributed by atoms with E-state index in [0.29, 0.717) is 17.6 Å². The Labute approximate surface area is 91.4 Å². The molecule has 2 aliphatic carbocycles. The Morgan fingerprint density at radius 3 is 2.07 bits per heavy atom. The average Bonchev–Trinajstić information content (AvgIpc) is 3.05. The van der Waals surface area contributed by atoms with Gasteiger partial charge in [0.05, 0.1) is 5.76 Å². The summed E-state index contributed by atoms with van der Waals surface area (Å²) in [6.07, 6.45) is 6.24. The van der Waals surface area contributed by atoms with Crippen molar-refractivity contribution in [2.75, 3.05) is 0 Å². The van der Waals surface area contributed by atoms with Crippen molar-refractivity contribution in [1.29, 1.82) is 0 Å². The summed E-state index contributed by atoms with van der Waals surface area (Å²) in [6, 6.07) is 0. The lowest BCUT2D eigenvalue weighted by Crippen LogP contribution is -2.12. The van der Waals surface area contributed by atoms with Gasteiger partial charge in [-0.05, 0) is 37.5 Å². The maximum Gasteiger partial charge on any atom is 0.162 e. The van der Waals surface area contributed by atoms with E-state index >= 15 is 0 Å². The molecule has 0 heterocycles. The van der Waals surface area contributed by atoms with E-state index in [2.05, 4.69) is 0 Å². The second-order valence-corrected chi connectivity index (χ2v) is 5.22. The van der Waals surface area contributed by atoms with Gasteiger partial charge in [-0.3, -0.25) is 4.79 Å². The Balaban J connectivity index is 1.91. The van der Waals surface area contributed by atoms with Gasteiger partial charge in [0.25, 0.3) is 0 Å². The number of aliphatic hydroxyl groups excluding tert-OH is 1. The van der Waals surface area contributed by atoms with Crippen LogP contribution in [0.15, 0.2) is 11.8 Å². The molecule has 0 aromatic heterocycles. The monoisotopic (exact) mass is 208 g/mol. The van der Waals surface area contributed by atoms with Crippen molar-refractivity contribution in [3.63, 3.8) is 0 Å². The molecule has 1 N–H and O–H groups in total. The summed E-state index contributed by atoms with van der Waals surface area (Å²) in [5.74, 6) is 1.90. The van der Waals surface area contributed by atoms with Gasteiger partial charge in [-0.25, -0.2) is 0 Å². The van der Waals surface area contributed by atoms with Crippen molar-refractivity contribution >= 4 is 5.78 Å². The predicted octanol–water partition coefficient (Wildman–Crippen LogP) is 3.09. The zero-order valence-electron chi connectivity index (χ0n) is 9.57. The first-order valence-electron chi connectivity index (χ1n) is 6.04. The maximum absolute atomic E-state index is 11.7. The van der Waals surface area contributed by atoms with E-state index in [1.54, 1.807) is 0 Å². The molecule has 2 aliphatic rings. The molecule has 0 spiro atoms. The molecule has 15 heavy (non-hydrogen) atoms. The van der Waals surface area contributed by atoms with Gasteiger partial charge in [0, 0.05) is 17.9 Å². The molecule has 0 saturated heterocycles. The van der Waals surface area contributed by atoms with Crippen molar-refractivity contribution in [2.24, 2.45) is 23.7 Å². The Hall–Kier alpha value is -0.790. The number of rotatable bonds is 5. The van der Waals surface area contributed by atoms with E-state index in [4.69, 9.17) is 0 Å². The van der Waals surface area contributed by atoms with Gasteiger partial charge in [0.2, 0.25) is 0 Å². The zero-order chi connectivity index (χ0) is 11.0. The first-order chi connectivity index (χ1) is 7.09. The van der Waals surface area contributed by atoms with Gasteiger partial charge in [0.1, 0.15) is 0 Å². The van der Waals surface area contributed by atoms with Crippen LogP contribution in [0.3, 0.4) is 0 Å².